The maximum absolute atomic E-state index is 6.52. The van der Waals surface area contributed by atoms with Gasteiger partial charge in [-0.25, -0.2) is 0 Å². The summed E-state index contributed by atoms with van der Waals surface area (Å²) in [4.78, 5) is 0. The quantitative estimate of drug-likeness (QED) is 0.244. The van der Waals surface area contributed by atoms with Gasteiger partial charge in [-0.05, 0) is 64.1 Å². The first-order chi connectivity index (χ1) is 20.1. The third kappa shape index (κ3) is 3.40. The van der Waals surface area contributed by atoms with Crippen molar-refractivity contribution < 1.29 is 46.7 Å². The zero-order valence-corrected chi connectivity index (χ0v) is 23.4. The number of hydrogen-bond donors (Lipinski definition) is 0. The van der Waals surface area contributed by atoms with Gasteiger partial charge in [-0.1, -0.05) is 0 Å². The van der Waals surface area contributed by atoms with Crippen molar-refractivity contribution in [3.63, 3.8) is 0 Å². The third-order valence-electron chi connectivity index (χ3n) is 8.52. The molecule has 6 bridgehead atoms. The molecule has 4 atom stereocenters. The van der Waals surface area contributed by atoms with Crippen molar-refractivity contribution in [3.05, 3.63) is 60.1 Å². The number of hydrogen-bond acceptors (Lipinski definition) is 10. The Morgan fingerprint density at radius 3 is 1.52 bits per heavy atom. The van der Waals surface area contributed by atoms with E-state index in [4.69, 9.17) is 46.7 Å². The Morgan fingerprint density at radius 1 is 0.619 bits per heavy atom. The number of furan rings is 2. The highest BCUT2D eigenvalue weighted by Gasteiger charge is 2.57. The molecular weight excluding hydrogens is 544 g/mol. The molecule has 2 aromatic carbocycles. The highest BCUT2D eigenvalue weighted by atomic mass is 16.9. The highest BCUT2D eigenvalue weighted by Crippen LogP contribution is 2.52. The van der Waals surface area contributed by atoms with E-state index >= 15 is 0 Å². The Kier molecular flexibility index (Phi) is 4.63. The molecule has 0 unspecified atom stereocenters. The Balaban J connectivity index is 1.21. The van der Waals surface area contributed by atoms with Gasteiger partial charge in [0.25, 0.3) is 0 Å². The van der Waals surface area contributed by atoms with Gasteiger partial charge in [0.15, 0.2) is 22.7 Å². The molecule has 0 N–H and O–H groups in total. The molecule has 2 aromatic heterocycles. The maximum atomic E-state index is 6.52. The van der Waals surface area contributed by atoms with Gasteiger partial charge in [-0.15, -0.1) is 0 Å². The van der Waals surface area contributed by atoms with Crippen molar-refractivity contribution in [2.24, 2.45) is 0 Å². The van der Waals surface area contributed by atoms with Gasteiger partial charge in [0, 0.05) is 34.1 Å². The van der Waals surface area contributed by atoms with E-state index in [9.17, 15) is 0 Å². The number of rotatable bonds is 0. The summed E-state index contributed by atoms with van der Waals surface area (Å²) in [5.74, 6) is -1.29. The molecule has 0 radical (unpaired) electrons. The fraction of sp³-hybridized carbons (Fsp3) is 0.375. The SMILES string of the molecule is CC1(C)O[C@@]23C=Cc4cc5ccoc5c(c4O2)OC[C@@H]2O[C@@]4(C=Cc5cc6ccoc6c(c5O4)OC[C@@H]1O3)OC2(C)C. The largest absolute Gasteiger partial charge is 0.483 e. The van der Waals surface area contributed by atoms with Crippen LogP contribution in [-0.2, 0) is 18.9 Å². The van der Waals surface area contributed by atoms with Gasteiger partial charge in [-0.2, -0.15) is 0 Å². The molecule has 0 saturated carbocycles. The number of fused-ring (bicyclic) bond motifs is 6. The molecule has 216 valence electrons. The zero-order valence-electron chi connectivity index (χ0n) is 23.4. The topological polar surface area (TPSA) is 100 Å². The van der Waals surface area contributed by atoms with Gasteiger partial charge in [-0.3, -0.25) is 0 Å². The third-order valence-corrected chi connectivity index (χ3v) is 8.52. The lowest BCUT2D eigenvalue weighted by Crippen LogP contribution is -2.40. The minimum atomic E-state index is -1.50. The summed E-state index contributed by atoms with van der Waals surface area (Å²) in [7, 11) is 0. The van der Waals surface area contributed by atoms with Crippen LogP contribution in [0.4, 0.5) is 0 Å². The zero-order chi connectivity index (χ0) is 28.5. The van der Waals surface area contributed by atoms with Crippen LogP contribution in [0.5, 0.6) is 23.0 Å². The van der Waals surface area contributed by atoms with E-state index < -0.39 is 35.4 Å². The predicted octanol–water partition coefficient (Wildman–Crippen LogP) is 6.16. The second-order valence-electron chi connectivity index (χ2n) is 12.2. The van der Waals surface area contributed by atoms with Gasteiger partial charge in [0.05, 0.1) is 23.7 Å². The van der Waals surface area contributed by atoms with E-state index in [1.807, 2.05) is 64.1 Å². The van der Waals surface area contributed by atoms with Crippen molar-refractivity contribution in [3.8, 4) is 23.0 Å². The maximum Gasteiger partial charge on any atom is 0.350 e. The van der Waals surface area contributed by atoms with Crippen molar-refractivity contribution in [2.75, 3.05) is 13.2 Å². The van der Waals surface area contributed by atoms with Crippen LogP contribution in [0.25, 0.3) is 34.1 Å². The first-order valence-electron chi connectivity index (χ1n) is 14.0. The average molecular weight is 573 g/mol. The minimum Gasteiger partial charge on any atom is -0.483 e. The first kappa shape index (κ1) is 24.6. The van der Waals surface area contributed by atoms with Crippen LogP contribution in [0.3, 0.4) is 0 Å². The molecule has 7 heterocycles. The van der Waals surface area contributed by atoms with Crippen molar-refractivity contribution in [2.45, 2.75) is 63.1 Å². The molecule has 42 heavy (non-hydrogen) atoms. The Bertz CT molecular complexity index is 1710. The van der Waals surface area contributed by atoms with Gasteiger partial charge < -0.3 is 46.7 Å². The summed E-state index contributed by atoms with van der Waals surface area (Å²) in [6, 6.07) is 7.71. The summed E-state index contributed by atoms with van der Waals surface area (Å²) < 4.78 is 63.6. The number of ether oxygens (including phenoxy) is 8. The monoisotopic (exact) mass is 572 g/mol. The van der Waals surface area contributed by atoms with Crippen LogP contribution in [0, 0.1) is 0 Å². The molecule has 0 amide bonds. The molecule has 5 aliphatic heterocycles. The highest BCUT2D eigenvalue weighted by molar-refractivity contribution is 5.91. The molecule has 10 heteroatoms. The van der Waals surface area contributed by atoms with Crippen molar-refractivity contribution in [1.82, 2.24) is 0 Å². The summed E-state index contributed by atoms with van der Waals surface area (Å²) in [5.41, 5.74) is 1.10. The summed E-state index contributed by atoms with van der Waals surface area (Å²) in [5, 5.41) is 1.74. The molecule has 9 rings (SSSR count). The van der Waals surface area contributed by atoms with E-state index in [-0.39, 0.29) is 13.2 Å². The minimum absolute atomic E-state index is 0.113. The van der Waals surface area contributed by atoms with Crippen LogP contribution in [-0.4, -0.2) is 48.6 Å². The summed E-state index contributed by atoms with van der Waals surface area (Å²) in [6.07, 6.45) is 9.52. The average Bonchev–Trinajstić information content (AvgIpc) is 3.69. The van der Waals surface area contributed by atoms with Crippen LogP contribution >= 0.6 is 0 Å². The molecule has 2 fully saturated rings. The molecule has 10 nitrogen and oxygen atoms in total. The Morgan fingerprint density at radius 2 is 1.07 bits per heavy atom. The van der Waals surface area contributed by atoms with Crippen LogP contribution in [0.2, 0.25) is 0 Å². The predicted molar refractivity (Wildman–Crippen MR) is 148 cm³/mol. The standard InChI is InChI=1S/C32H28O10/c1-29(2)21-15-35-27-23-19(7-11-33-23)14-18-6-10-32(40-26(18)27)38-22(30(3,4)42-32)16-36-28-24-20(8-12-34-24)13-17-5-9-31(37-21,41-29)39-25(17)28/h5-14,21-22H,15-16H2,1-4H3/t21-,22-,31+,32+/m0/s1. The molecule has 5 aliphatic rings. The van der Waals surface area contributed by atoms with Crippen molar-refractivity contribution >= 4 is 34.1 Å². The lowest BCUT2D eigenvalue weighted by atomic mass is 10.0. The molecule has 2 saturated heterocycles. The Labute approximate surface area is 240 Å². The number of benzene rings is 2. The van der Waals surface area contributed by atoms with Crippen LogP contribution in [0.1, 0.15) is 38.8 Å². The van der Waals surface area contributed by atoms with E-state index in [0.717, 1.165) is 21.9 Å². The fourth-order valence-electron chi connectivity index (χ4n) is 6.24. The van der Waals surface area contributed by atoms with E-state index in [0.29, 0.717) is 34.2 Å². The lowest BCUT2D eigenvalue weighted by Gasteiger charge is -2.31. The van der Waals surface area contributed by atoms with E-state index in [2.05, 4.69) is 0 Å². The normalized spacial score (nSPS) is 31.4. The summed E-state index contributed by atoms with van der Waals surface area (Å²) >= 11 is 0. The van der Waals surface area contributed by atoms with E-state index in [1.54, 1.807) is 24.7 Å². The smallest absolute Gasteiger partial charge is 0.350 e. The first-order valence-corrected chi connectivity index (χ1v) is 14.0. The molecule has 2 spiro atoms. The lowest BCUT2D eigenvalue weighted by molar-refractivity contribution is -0.273. The second kappa shape index (κ2) is 7.90. The van der Waals surface area contributed by atoms with Crippen molar-refractivity contribution in [1.29, 1.82) is 0 Å². The Hall–Kier alpha value is -3.96. The van der Waals surface area contributed by atoms with E-state index in [1.165, 1.54) is 0 Å². The molecular formula is C32H28O10. The fourth-order valence-corrected chi connectivity index (χ4v) is 6.24. The summed E-state index contributed by atoms with van der Waals surface area (Å²) in [6.45, 7) is 7.96. The molecule has 4 aromatic rings. The van der Waals surface area contributed by atoms with Crippen LogP contribution in [0.15, 0.2) is 57.8 Å². The van der Waals surface area contributed by atoms with Crippen LogP contribution < -0.4 is 18.9 Å². The van der Waals surface area contributed by atoms with Gasteiger partial charge in [0.2, 0.25) is 11.5 Å². The van der Waals surface area contributed by atoms with Gasteiger partial charge >= 0.3 is 11.9 Å². The molecule has 0 aliphatic carbocycles. The second-order valence-corrected chi connectivity index (χ2v) is 12.2. The van der Waals surface area contributed by atoms with Gasteiger partial charge in [0.1, 0.15) is 25.4 Å².